The Morgan fingerprint density at radius 3 is 2.85 bits per heavy atom. The number of halogens is 3. The maximum Gasteiger partial charge on any atom is 0.399 e. The van der Waals surface area contributed by atoms with Gasteiger partial charge < -0.3 is 15.9 Å². The van der Waals surface area contributed by atoms with Gasteiger partial charge in [0.2, 0.25) is 0 Å². The van der Waals surface area contributed by atoms with Gasteiger partial charge in [-0.3, -0.25) is 0 Å². The molecule has 0 spiro atoms. The molecule has 1 atom stereocenters. The monoisotopic (exact) mass is 306 g/mol. The normalized spacial score (nSPS) is 14.7. The van der Waals surface area contributed by atoms with Crippen molar-refractivity contribution in [3.8, 4) is 0 Å². The molecular weight excluding hydrogens is 297 g/mol. The van der Waals surface area contributed by atoms with Gasteiger partial charge in [0, 0.05) is 5.75 Å². The van der Waals surface area contributed by atoms with E-state index in [-0.39, 0.29) is 0 Å². The van der Waals surface area contributed by atoms with E-state index in [4.69, 9.17) is 10.9 Å². The second-order valence-electron chi connectivity index (χ2n) is 3.71. The lowest BCUT2D eigenvalue weighted by atomic mass is 10.1. The van der Waals surface area contributed by atoms with Crippen LogP contribution in [0.4, 0.5) is 13.2 Å². The molecule has 7 nitrogen and oxygen atoms in total. The van der Waals surface area contributed by atoms with Gasteiger partial charge in [0.25, 0.3) is 0 Å². The van der Waals surface area contributed by atoms with Gasteiger partial charge in [-0.15, -0.1) is 11.8 Å². The number of nitrogens with two attached hydrogens (primary N) is 1. The molecule has 2 rings (SSSR count). The summed E-state index contributed by atoms with van der Waals surface area (Å²) in [5, 5.41) is 11.2. The third kappa shape index (κ3) is 2.92. The number of H-pyrrole nitrogens is 1. The zero-order valence-electron chi connectivity index (χ0n) is 9.79. The topological polar surface area (TPSA) is 113 Å². The van der Waals surface area contributed by atoms with E-state index in [0.29, 0.717) is 16.2 Å². The van der Waals surface area contributed by atoms with Crippen molar-refractivity contribution in [3.63, 3.8) is 0 Å². The van der Waals surface area contributed by atoms with E-state index in [1.54, 1.807) is 0 Å². The number of thioether (sulfide) groups is 1. The van der Waals surface area contributed by atoms with Crippen molar-refractivity contribution in [1.82, 2.24) is 19.9 Å². The zero-order chi connectivity index (χ0) is 14.8. The van der Waals surface area contributed by atoms with Gasteiger partial charge in [-0.2, -0.15) is 13.2 Å². The molecule has 1 unspecified atom stereocenters. The first-order valence-corrected chi connectivity index (χ1v) is 6.23. The second kappa shape index (κ2) is 5.53. The van der Waals surface area contributed by atoms with Crippen LogP contribution in [-0.4, -0.2) is 42.9 Å². The lowest BCUT2D eigenvalue weighted by Gasteiger charge is -2.18. The number of alkyl halides is 3. The summed E-state index contributed by atoms with van der Waals surface area (Å²) in [6.07, 6.45) is -2.03. The summed E-state index contributed by atoms with van der Waals surface area (Å²) in [4.78, 5) is 14.4. The quantitative estimate of drug-likeness (QED) is 0.196. The van der Waals surface area contributed by atoms with Crippen LogP contribution < -0.4 is 5.73 Å². The fraction of sp³-hybridized carbons (Fsp3) is 0.333. The molecule has 0 aliphatic heterocycles. The Kier molecular flexibility index (Phi) is 3.97. The summed E-state index contributed by atoms with van der Waals surface area (Å²) in [5.74, 6) is -3.42. The van der Waals surface area contributed by atoms with Crippen LogP contribution in [0.1, 0.15) is 0 Å². The summed E-state index contributed by atoms with van der Waals surface area (Å²) >= 11 is 0.819. The predicted molar refractivity (Wildman–Crippen MR) is 65.4 cm³/mol. The number of aromatic amines is 1. The van der Waals surface area contributed by atoms with Crippen molar-refractivity contribution in [2.75, 3.05) is 5.75 Å². The molecule has 2 aromatic rings. The summed E-state index contributed by atoms with van der Waals surface area (Å²) in [6.45, 7) is 0. The Bertz CT molecular complexity index is 627. The number of nitrogens with zero attached hydrogens (tertiary/aromatic N) is 4. The van der Waals surface area contributed by atoms with Crippen LogP contribution in [-0.2, 0) is 0 Å². The summed E-state index contributed by atoms with van der Waals surface area (Å²) in [7, 11) is 0. The third-order valence-electron chi connectivity index (χ3n) is 2.44. The van der Waals surface area contributed by atoms with Crippen molar-refractivity contribution >= 4 is 28.8 Å². The molecule has 0 aromatic carbocycles. The van der Waals surface area contributed by atoms with Gasteiger partial charge in [0.05, 0.1) is 6.33 Å². The number of rotatable bonds is 4. The number of hydrogen-bond donors (Lipinski definition) is 3. The molecule has 0 saturated heterocycles. The van der Waals surface area contributed by atoms with Crippen LogP contribution in [0.2, 0.25) is 0 Å². The number of imidazole rings is 1. The van der Waals surface area contributed by atoms with Crippen LogP contribution in [0.15, 0.2) is 22.8 Å². The van der Waals surface area contributed by atoms with Gasteiger partial charge in [0.15, 0.2) is 11.5 Å². The van der Waals surface area contributed by atoms with E-state index in [0.717, 1.165) is 11.8 Å². The minimum absolute atomic E-state index is 0.312. The van der Waals surface area contributed by atoms with E-state index in [2.05, 4.69) is 25.1 Å². The van der Waals surface area contributed by atoms with Crippen LogP contribution >= 0.6 is 11.8 Å². The summed E-state index contributed by atoms with van der Waals surface area (Å²) in [5.41, 5.74) is 5.87. The smallest absolute Gasteiger partial charge is 0.399 e. The minimum atomic E-state index is -4.61. The van der Waals surface area contributed by atoms with Crippen LogP contribution in [0.25, 0.3) is 11.2 Å². The van der Waals surface area contributed by atoms with Crippen molar-refractivity contribution in [2.45, 2.75) is 11.2 Å². The molecule has 2 aromatic heterocycles. The molecule has 11 heteroatoms. The number of fused-ring (bicyclic) bond motifs is 1. The molecule has 0 amide bonds. The first kappa shape index (κ1) is 14.4. The Morgan fingerprint density at radius 1 is 1.45 bits per heavy atom. The largest absolute Gasteiger partial charge is 0.409 e. The minimum Gasteiger partial charge on any atom is -0.409 e. The van der Waals surface area contributed by atoms with E-state index in [9.17, 15) is 13.2 Å². The lowest BCUT2D eigenvalue weighted by Crippen LogP contribution is -2.37. The van der Waals surface area contributed by atoms with Gasteiger partial charge in [-0.1, -0.05) is 5.16 Å². The molecule has 4 N–H and O–H groups in total. The number of aromatic nitrogens is 4. The highest BCUT2D eigenvalue weighted by atomic mass is 32.2. The van der Waals surface area contributed by atoms with E-state index in [1.807, 2.05) is 0 Å². The highest BCUT2D eigenvalue weighted by Crippen LogP contribution is 2.32. The number of amidine groups is 1. The van der Waals surface area contributed by atoms with Gasteiger partial charge in [-0.25, -0.2) is 15.0 Å². The average Bonchev–Trinajstić information content (AvgIpc) is 2.86. The number of nitrogens with one attached hydrogen (secondary N) is 1. The van der Waals surface area contributed by atoms with Gasteiger partial charge in [-0.05, 0) is 0 Å². The van der Waals surface area contributed by atoms with Crippen LogP contribution in [0.5, 0.6) is 0 Å². The Labute approximate surface area is 114 Å². The third-order valence-corrected chi connectivity index (χ3v) is 3.53. The highest BCUT2D eigenvalue weighted by Gasteiger charge is 2.42. The number of oxime groups is 1. The Balaban J connectivity index is 2.19. The molecular formula is C9H9F3N6OS. The van der Waals surface area contributed by atoms with Crippen molar-refractivity contribution < 1.29 is 18.4 Å². The van der Waals surface area contributed by atoms with Gasteiger partial charge in [0.1, 0.15) is 22.8 Å². The fourth-order valence-electron chi connectivity index (χ4n) is 1.43. The predicted octanol–water partition coefficient (Wildman–Crippen LogP) is 1.37. The van der Waals surface area contributed by atoms with E-state index in [1.165, 1.54) is 12.7 Å². The average molecular weight is 306 g/mol. The molecule has 0 radical (unpaired) electrons. The van der Waals surface area contributed by atoms with Gasteiger partial charge >= 0.3 is 6.18 Å². The molecule has 108 valence electrons. The van der Waals surface area contributed by atoms with Crippen LogP contribution in [0, 0.1) is 5.92 Å². The molecule has 20 heavy (non-hydrogen) atoms. The maximum absolute atomic E-state index is 12.8. The standard InChI is InChI=1S/C9H9F3N6OS/c10-9(11,12)4(6(13)18-19)1-20-8-5-7(15-2-14-5)16-3-17-8/h2-4,19H,1H2,(H2,13,18)(H,14,15,16,17). The molecule has 0 aliphatic carbocycles. The first-order valence-electron chi connectivity index (χ1n) is 5.24. The van der Waals surface area contributed by atoms with Crippen molar-refractivity contribution in [2.24, 2.45) is 16.8 Å². The number of hydrogen-bond acceptors (Lipinski definition) is 6. The van der Waals surface area contributed by atoms with E-state index < -0.39 is 23.7 Å². The molecule has 0 saturated carbocycles. The SMILES string of the molecule is NC(=NO)C(CSc1ncnc2nc[nH]c12)C(F)(F)F. The Hall–Kier alpha value is -2.04. The van der Waals surface area contributed by atoms with Crippen molar-refractivity contribution in [3.05, 3.63) is 12.7 Å². The van der Waals surface area contributed by atoms with Crippen LogP contribution in [0.3, 0.4) is 0 Å². The lowest BCUT2D eigenvalue weighted by molar-refractivity contribution is -0.150. The fourth-order valence-corrected chi connectivity index (χ4v) is 2.53. The summed E-state index contributed by atoms with van der Waals surface area (Å²) in [6, 6.07) is 0. The van der Waals surface area contributed by atoms with E-state index >= 15 is 0 Å². The highest BCUT2D eigenvalue weighted by molar-refractivity contribution is 7.99. The molecule has 0 fully saturated rings. The first-order chi connectivity index (χ1) is 9.43. The Morgan fingerprint density at radius 2 is 2.20 bits per heavy atom. The molecule has 0 aliphatic rings. The zero-order valence-corrected chi connectivity index (χ0v) is 10.6. The van der Waals surface area contributed by atoms with Crippen molar-refractivity contribution in [1.29, 1.82) is 0 Å². The maximum atomic E-state index is 12.8. The molecule has 2 heterocycles. The summed E-state index contributed by atoms with van der Waals surface area (Å²) < 4.78 is 38.3. The second-order valence-corrected chi connectivity index (χ2v) is 4.72. The molecule has 0 bridgehead atoms.